The molecular weight excluding hydrogens is 330 g/mol. The molecule has 1 aliphatic rings. The zero-order chi connectivity index (χ0) is 18.1. The van der Waals surface area contributed by atoms with E-state index >= 15 is 0 Å². The number of anilines is 2. The number of nitrogens with one attached hydrogen (secondary N) is 1. The molecule has 0 unspecified atom stereocenters. The Morgan fingerprint density at radius 3 is 2.20 bits per heavy atom. The maximum absolute atomic E-state index is 12.8. The van der Waals surface area contributed by atoms with Gasteiger partial charge in [0.1, 0.15) is 5.70 Å². The molecule has 4 nitrogen and oxygen atoms in total. The van der Waals surface area contributed by atoms with Crippen molar-refractivity contribution in [3.8, 4) is 0 Å². The zero-order valence-electron chi connectivity index (χ0n) is 14.8. The standard InChI is InChI=1S/C20H21N3OS/c1-13-9-14(2)11-17(10-13)23-19(24)18(21-20(23)25)12-15-5-7-16(8-6-15)22(3)4/h5-12H,1-4H3,(H,21,25)/b18-12-. The number of hydrogen-bond donors (Lipinski definition) is 1. The first-order chi connectivity index (χ1) is 11.8. The van der Waals surface area contributed by atoms with Gasteiger partial charge in [-0.25, -0.2) is 0 Å². The number of hydrogen-bond acceptors (Lipinski definition) is 3. The average molecular weight is 351 g/mol. The summed E-state index contributed by atoms with van der Waals surface area (Å²) in [6.45, 7) is 4.02. The molecule has 0 radical (unpaired) electrons. The SMILES string of the molecule is Cc1cc(C)cc(N2C(=O)/C(=C/c3ccc(N(C)C)cc3)NC2=S)c1. The quantitative estimate of drug-likeness (QED) is 0.677. The van der Waals surface area contributed by atoms with E-state index in [0.29, 0.717) is 10.8 Å². The van der Waals surface area contributed by atoms with E-state index in [0.717, 1.165) is 28.1 Å². The molecule has 2 aromatic carbocycles. The van der Waals surface area contributed by atoms with E-state index < -0.39 is 0 Å². The van der Waals surface area contributed by atoms with Gasteiger partial charge in [0, 0.05) is 19.8 Å². The Morgan fingerprint density at radius 1 is 1.04 bits per heavy atom. The molecule has 0 bridgehead atoms. The number of amides is 1. The summed E-state index contributed by atoms with van der Waals surface area (Å²) < 4.78 is 0. The summed E-state index contributed by atoms with van der Waals surface area (Å²) >= 11 is 5.38. The number of rotatable bonds is 3. The number of carbonyl (C=O) groups excluding carboxylic acids is 1. The summed E-state index contributed by atoms with van der Waals surface area (Å²) in [5, 5.41) is 3.44. The van der Waals surface area contributed by atoms with Crippen molar-refractivity contribution in [3.05, 3.63) is 64.9 Å². The van der Waals surface area contributed by atoms with Crippen molar-refractivity contribution in [2.45, 2.75) is 13.8 Å². The summed E-state index contributed by atoms with van der Waals surface area (Å²) in [6.07, 6.45) is 1.83. The van der Waals surface area contributed by atoms with Gasteiger partial charge in [-0.2, -0.15) is 0 Å². The average Bonchev–Trinajstić information content (AvgIpc) is 2.81. The number of aryl methyl sites for hydroxylation is 2. The first kappa shape index (κ1) is 17.2. The third-order valence-electron chi connectivity index (χ3n) is 4.06. The van der Waals surface area contributed by atoms with Gasteiger partial charge in [0.05, 0.1) is 5.69 Å². The van der Waals surface area contributed by atoms with Crippen LogP contribution in [0.1, 0.15) is 16.7 Å². The molecule has 1 fully saturated rings. The summed E-state index contributed by atoms with van der Waals surface area (Å²) in [6, 6.07) is 14.0. The predicted molar refractivity (Wildman–Crippen MR) is 108 cm³/mol. The molecule has 1 heterocycles. The Bertz CT molecular complexity index is 849. The lowest BCUT2D eigenvalue weighted by molar-refractivity contribution is -0.113. The van der Waals surface area contributed by atoms with Gasteiger partial charge in [0.25, 0.3) is 5.91 Å². The highest BCUT2D eigenvalue weighted by atomic mass is 32.1. The van der Waals surface area contributed by atoms with E-state index in [2.05, 4.69) is 11.4 Å². The Balaban J connectivity index is 1.90. The third-order valence-corrected chi connectivity index (χ3v) is 4.35. The third kappa shape index (κ3) is 3.56. The van der Waals surface area contributed by atoms with Crippen LogP contribution in [-0.2, 0) is 4.79 Å². The smallest absolute Gasteiger partial charge is 0.281 e. The summed E-state index contributed by atoms with van der Waals surface area (Å²) in [5.74, 6) is -0.133. The van der Waals surface area contributed by atoms with Gasteiger partial charge < -0.3 is 10.2 Å². The molecule has 1 N–H and O–H groups in total. The van der Waals surface area contributed by atoms with E-state index in [-0.39, 0.29) is 5.91 Å². The van der Waals surface area contributed by atoms with Crippen molar-refractivity contribution >= 4 is 40.7 Å². The largest absolute Gasteiger partial charge is 0.378 e. The van der Waals surface area contributed by atoms with E-state index in [1.807, 2.05) is 75.3 Å². The highest BCUT2D eigenvalue weighted by Crippen LogP contribution is 2.25. The molecule has 3 rings (SSSR count). The molecule has 25 heavy (non-hydrogen) atoms. The highest BCUT2D eigenvalue weighted by molar-refractivity contribution is 7.80. The lowest BCUT2D eigenvalue weighted by atomic mass is 10.1. The minimum atomic E-state index is -0.133. The number of nitrogens with zero attached hydrogens (tertiary/aromatic N) is 2. The molecular formula is C20H21N3OS. The van der Waals surface area contributed by atoms with Crippen molar-refractivity contribution in [1.29, 1.82) is 0 Å². The number of thiocarbonyl (C=S) groups is 1. The Kier molecular flexibility index (Phi) is 4.59. The minimum Gasteiger partial charge on any atom is -0.378 e. The Labute approximate surface area is 153 Å². The topological polar surface area (TPSA) is 35.6 Å². The minimum absolute atomic E-state index is 0.133. The van der Waals surface area contributed by atoms with Crippen LogP contribution in [0.5, 0.6) is 0 Å². The molecule has 2 aromatic rings. The van der Waals surface area contributed by atoms with Crippen LogP contribution < -0.4 is 15.1 Å². The molecule has 1 saturated heterocycles. The fourth-order valence-electron chi connectivity index (χ4n) is 2.88. The second-order valence-corrected chi connectivity index (χ2v) is 6.85. The zero-order valence-corrected chi connectivity index (χ0v) is 15.6. The number of carbonyl (C=O) groups is 1. The fourth-order valence-corrected chi connectivity index (χ4v) is 3.18. The van der Waals surface area contributed by atoms with Gasteiger partial charge in [-0.05, 0) is 73.1 Å². The highest BCUT2D eigenvalue weighted by Gasteiger charge is 2.32. The van der Waals surface area contributed by atoms with Crippen LogP contribution in [0.2, 0.25) is 0 Å². The first-order valence-corrected chi connectivity index (χ1v) is 8.49. The molecule has 5 heteroatoms. The van der Waals surface area contributed by atoms with Crippen molar-refractivity contribution in [1.82, 2.24) is 5.32 Å². The molecule has 1 amide bonds. The summed E-state index contributed by atoms with van der Waals surface area (Å²) in [7, 11) is 3.99. The second-order valence-electron chi connectivity index (χ2n) is 6.46. The molecule has 0 saturated carbocycles. The molecule has 0 atom stereocenters. The van der Waals surface area contributed by atoms with Gasteiger partial charge >= 0.3 is 0 Å². The normalized spacial score (nSPS) is 15.7. The van der Waals surface area contributed by atoms with E-state index in [1.165, 1.54) is 0 Å². The van der Waals surface area contributed by atoms with Crippen LogP contribution in [-0.4, -0.2) is 25.1 Å². The van der Waals surface area contributed by atoms with Crippen LogP contribution in [0.4, 0.5) is 11.4 Å². The van der Waals surface area contributed by atoms with Gasteiger partial charge in [0.15, 0.2) is 5.11 Å². The van der Waals surface area contributed by atoms with Crippen molar-refractivity contribution in [3.63, 3.8) is 0 Å². The molecule has 128 valence electrons. The van der Waals surface area contributed by atoms with Crippen LogP contribution in [0, 0.1) is 13.8 Å². The van der Waals surface area contributed by atoms with E-state index in [9.17, 15) is 4.79 Å². The van der Waals surface area contributed by atoms with Crippen LogP contribution in [0.15, 0.2) is 48.2 Å². The van der Waals surface area contributed by atoms with Gasteiger partial charge in [-0.1, -0.05) is 18.2 Å². The van der Waals surface area contributed by atoms with Gasteiger partial charge in [-0.15, -0.1) is 0 Å². The van der Waals surface area contributed by atoms with Crippen molar-refractivity contribution < 1.29 is 4.79 Å². The molecule has 1 aliphatic heterocycles. The Morgan fingerprint density at radius 2 is 1.64 bits per heavy atom. The summed E-state index contributed by atoms with van der Waals surface area (Å²) in [4.78, 5) is 16.4. The van der Waals surface area contributed by atoms with Crippen LogP contribution in [0.25, 0.3) is 6.08 Å². The second kappa shape index (κ2) is 6.69. The van der Waals surface area contributed by atoms with Crippen molar-refractivity contribution in [2.75, 3.05) is 23.9 Å². The maximum atomic E-state index is 12.8. The van der Waals surface area contributed by atoms with Gasteiger partial charge in [-0.3, -0.25) is 9.69 Å². The maximum Gasteiger partial charge on any atom is 0.281 e. The molecule has 0 spiro atoms. The first-order valence-electron chi connectivity index (χ1n) is 8.08. The van der Waals surface area contributed by atoms with E-state index in [4.69, 9.17) is 12.2 Å². The lowest BCUT2D eigenvalue weighted by Crippen LogP contribution is -2.30. The van der Waals surface area contributed by atoms with Crippen molar-refractivity contribution in [2.24, 2.45) is 0 Å². The van der Waals surface area contributed by atoms with E-state index in [1.54, 1.807) is 4.90 Å². The Hall–Kier alpha value is -2.66. The molecule has 0 aromatic heterocycles. The summed E-state index contributed by atoms with van der Waals surface area (Å²) in [5.41, 5.74) is 5.55. The lowest BCUT2D eigenvalue weighted by Gasteiger charge is -2.15. The van der Waals surface area contributed by atoms with Crippen LogP contribution in [0.3, 0.4) is 0 Å². The predicted octanol–water partition coefficient (Wildman–Crippen LogP) is 3.63. The monoisotopic (exact) mass is 351 g/mol. The van der Waals surface area contributed by atoms with Crippen LogP contribution >= 0.6 is 12.2 Å². The fraction of sp³-hybridized carbons (Fsp3) is 0.200. The number of benzene rings is 2. The van der Waals surface area contributed by atoms with Gasteiger partial charge in [0.2, 0.25) is 0 Å². The molecule has 0 aliphatic carbocycles.